The smallest absolute Gasteiger partial charge is 0.143 e. The largest absolute Gasteiger partial charge is 0.492 e. The van der Waals surface area contributed by atoms with Gasteiger partial charge in [-0.05, 0) is 201 Å². The van der Waals surface area contributed by atoms with Crippen LogP contribution in [0.15, 0.2) is 237 Å². The van der Waals surface area contributed by atoms with Crippen molar-refractivity contribution in [1.29, 1.82) is 0 Å². The minimum Gasteiger partial charge on any atom is -0.492 e. The van der Waals surface area contributed by atoms with Crippen molar-refractivity contribution in [2.75, 3.05) is 34.5 Å². The number of ether oxygens (including phenoxy) is 3. The van der Waals surface area contributed by atoms with E-state index in [-0.39, 0.29) is 0 Å². The molecule has 0 aliphatic rings. The molecule has 0 N–H and O–H groups in total. The van der Waals surface area contributed by atoms with Gasteiger partial charge in [-0.3, -0.25) is 0 Å². The van der Waals surface area contributed by atoms with Gasteiger partial charge in [0, 0.05) is 34.1 Å². The molecule has 0 unspecified atom stereocenters. The lowest BCUT2D eigenvalue weighted by atomic mass is 9.93. The molecule has 372 valence electrons. The third-order valence-corrected chi connectivity index (χ3v) is 13.6. The second-order valence-electron chi connectivity index (χ2n) is 18.5. The Hall–Kier alpha value is -9.00. The van der Waals surface area contributed by atoms with Crippen molar-refractivity contribution < 1.29 is 14.2 Å². The van der Waals surface area contributed by atoms with Gasteiger partial charge in [0.1, 0.15) is 17.2 Å². The van der Waals surface area contributed by atoms with E-state index in [2.05, 4.69) is 236 Å². The lowest BCUT2D eigenvalue weighted by molar-refractivity contribution is 0.341. The molecule has 0 saturated heterocycles. The summed E-state index contributed by atoms with van der Waals surface area (Å²) in [5.74, 6) is 2.51. The number of aryl methyl sites for hydroxylation is 3. The standard InChI is InChI=1S/C69H63N3O3/c1-7-73-67-31-19-16-28-64(67)70(61-25-13-10-22-49(61)4)58-40-34-52(35-41-58)55-46-56(53-36-42-59(43-37-53)71(62-26-14-11-23-50(62)5)65-29-17-20-32-68(65)74-8-2)48-57(47-55)54-38-44-60(45-39-54)72(63-27-15-12-24-51(63)6)66-30-18-21-33-69(66)75-9-3/h10-48H,7-9H2,1-6H3. The summed E-state index contributed by atoms with van der Waals surface area (Å²) in [5, 5.41) is 0. The van der Waals surface area contributed by atoms with Crippen LogP contribution in [0, 0.1) is 20.8 Å². The van der Waals surface area contributed by atoms with Crippen molar-refractivity contribution in [2.45, 2.75) is 41.5 Å². The van der Waals surface area contributed by atoms with Crippen molar-refractivity contribution in [3.05, 3.63) is 253 Å². The molecule has 6 heteroatoms. The Morgan fingerprint density at radius 1 is 0.253 bits per heavy atom. The molecular formula is C69H63N3O3. The van der Waals surface area contributed by atoms with Gasteiger partial charge < -0.3 is 28.9 Å². The first-order valence-electron chi connectivity index (χ1n) is 26.0. The number of rotatable bonds is 18. The highest BCUT2D eigenvalue weighted by Gasteiger charge is 2.22. The van der Waals surface area contributed by atoms with Crippen molar-refractivity contribution in [3.63, 3.8) is 0 Å². The first kappa shape index (κ1) is 49.6. The number of nitrogens with zero attached hydrogens (tertiary/aromatic N) is 3. The fourth-order valence-corrected chi connectivity index (χ4v) is 9.96. The van der Waals surface area contributed by atoms with Crippen LogP contribution in [-0.4, -0.2) is 19.8 Å². The predicted octanol–water partition coefficient (Wildman–Crippen LogP) is 19.2. The summed E-state index contributed by atoms with van der Waals surface area (Å²) < 4.78 is 18.7. The molecule has 10 rings (SSSR count). The number of anilines is 9. The summed E-state index contributed by atoms with van der Waals surface area (Å²) in [6.07, 6.45) is 0. The predicted molar refractivity (Wildman–Crippen MR) is 315 cm³/mol. The molecule has 0 saturated carbocycles. The minimum absolute atomic E-state index is 0.571. The number of hydrogen-bond donors (Lipinski definition) is 0. The maximum Gasteiger partial charge on any atom is 0.143 e. The molecule has 0 bridgehead atoms. The Balaban J connectivity index is 1.09. The topological polar surface area (TPSA) is 37.4 Å². The van der Waals surface area contributed by atoms with Gasteiger partial charge in [-0.25, -0.2) is 0 Å². The first-order chi connectivity index (χ1) is 36.8. The van der Waals surface area contributed by atoms with Gasteiger partial charge in [-0.1, -0.05) is 127 Å². The summed E-state index contributed by atoms with van der Waals surface area (Å²) in [7, 11) is 0. The lowest BCUT2D eigenvalue weighted by Crippen LogP contribution is -2.13. The van der Waals surface area contributed by atoms with Crippen LogP contribution in [0.5, 0.6) is 17.2 Å². The molecule has 0 heterocycles. The van der Waals surface area contributed by atoms with E-state index < -0.39 is 0 Å². The Morgan fingerprint density at radius 2 is 0.480 bits per heavy atom. The van der Waals surface area contributed by atoms with Crippen LogP contribution >= 0.6 is 0 Å². The van der Waals surface area contributed by atoms with Crippen LogP contribution in [-0.2, 0) is 0 Å². The van der Waals surface area contributed by atoms with Gasteiger partial charge in [0.05, 0.1) is 36.9 Å². The molecule has 0 aromatic heterocycles. The third kappa shape index (κ3) is 10.6. The van der Waals surface area contributed by atoms with E-state index in [1.54, 1.807) is 0 Å². The molecular weight excluding hydrogens is 919 g/mol. The quantitative estimate of drug-likeness (QED) is 0.0853. The van der Waals surface area contributed by atoms with E-state index in [1.165, 1.54) is 16.7 Å². The summed E-state index contributed by atoms with van der Waals surface area (Å²) in [4.78, 5) is 6.90. The molecule has 10 aromatic rings. The van der Waals surface area contributed by atoms with Crippen LogP contribution in [0.1, 0.15) is 37.5 Å². The molecule has 0 atom stereocenters. The number of benzene rings is 10. The Bertz CT molecular complexity index is 3150. The fraction of sp³-hybridized carbons (Fsp3) is 0.130. The van der Waals surface area contributed by atoms with Gasteiger partial charge in [-0.15, -0.1) is 0 Å². The third-order valence-electron chi connectivity index (χ3n) is 13.6. The molecule has 0 radical (unpaired) electrons. The van der Waals surface area contributed by atoms with E-state index in [4.69, 9.17) is 14.2 Å². The van der Waals surface area contributed by atoms with Crippen LogP contribution in [0.2, 0.25) is 0 Å². The van der Waals surface area contributed by atoms with E-state index in [9.17, 15) is 0 Å². The van der Waals surface area contributed by atoms with Crippen LogP contribution in [0.3, 0.4) is 0 Å². The summed E-state index contributed by atoms with van der Waals surface area (Å²) in [5.41, 5.74) is 19.5. The number of para-hydroxylation sites is 9. The van der Waals surface area contributed by atoms with Gasteiger partial charge in [0.2, 0.25) is 0 Å². The zero-order chi connectivity index (χ0) is 51.7. The van der Waals surface area contributed by atoms with E-state index in [1.807, 2.05) is 57.2 Å². The van der Waals surface area contributed by atoms with Crippen molar-refractivity contribution in [3.8, 4) is 50.6 Å². The Morgan fingerprint density at radius 3 is 0.720 bits per heavy atom. The van der Waals surface area contributed by atoms with Crippen molar-refractivity contribution >= 4 is 51.2 Å². The second-order valence-corrected chi connectivity index (χ2v) is 18.5. The minimum atomic E-state index is 0.571. The van der Waals surface area contributed by atoms with Crippen LogP contribution in [0.25, 0.3) is 33.4 Å². The normalized spacial score (nSPS) is 11.0. The molecule has 0 aliphatic heterocycles. The molecule has 10 aromatic carbocycles. The van der Waals surface area contributed by atoms with Crippen LogP contribution < -0.4 is 28.9 Å². The zero-order valence-electron chi connectivity index (χ0n) is 43.7. The van der Waals surface area contributed by atoms with Crippen molar-refractivity contribution in [1.82, 2.24) is 0 Å². The molecule has 75 heavy (non-hydrogen) atoms. The zero-order valence-corrected chi connectivity index (χ0v) is 43.7. The molecule has 0 spiro atoms. The molecule has 6 nitrogen and oxygen atoms in total. The lowest BCUT2D eigenvalue weighted by Gasteiger charge is -2.29. The fourth-order valence-electron chi connectivity index (χ4n) is 9.96. The monoisotopic (exact) mass is 981 g/mol. The highest BCUT2D eigenvalue weighted by Crippen LogP contribution is 2.46. The highest BCUT2D eigenvalue weighted by atomic mass is 16.5. The van der Waals surface area contributed by atoms with E-state index in [0.717, 1.165) is 102 Å². The van der Waals surface area contributed by atoms with Gasteiger partial charge in [-0.2, -0.15) is 0 Å². The summed E-state index contributed by atoms with van der Waals surface area (Å²) in [6, 6.07) is 84.1. The van der Waals surface area contributed by atoms with Gasteiger partial charge >= 0.3 is 0 Å². The second kappa shape index (κ2) is 22.8. The van der Waals surface area contributed by atoms with Crippen LogP contribution in [0.4, 0.5) is 51.2 Å². The Labute approximate surface area is 443 Å². The average molecular weight is 982 g/mol. The molecule has 0 fully saturated rings. The highest BCUT2D eigenvalue weighted by molar-refractivity contribution is 5.88. The molecule has 0 aliphatic carbocycles. The first-order valence-corrected chi connectivity index (χ1v) is 26.0. The van der Waals surface area contributed by atoms with E-state index in [0.29, 0.717) is 19.8 Å². The maximum atomic E-state index is 6.22. The maximum absolute atomic E-state index is 6.22. The summed E-state index contributed by atoms with van der Waals surface area (Å²) in [6.45, 7) is 14.3. The SMILES string of the molecule is CCOc1ccccc1N(c1ccc(-c2cc(-c3ccc(N(c4ccccc4C)c4ccccc4OCC)cc3)cc(-c3ccc(N(c4ccccc4C)c4ccccc4OCC)cc3)c2)cc1)c1ccccc1C. The number of hydrogen-bond acceptors (Lipinski definition) is 6. The van der Waals surface area contributed by atoms with Gasteiger partial charge in [0.25, 0.3) is 0 Å². The van der Waals surface area contributed by atoms with E-state index >= 15 is 0 Å². The Kier molecular flexibility index (Phi) is 15.1. The van der Waals surface area contributed by atoms with Gasteiger partial charge in [0.15, 0.2) is 0 Å². The summed E-state index contributed by atoms with van der Waals surface area (Å²) >= 11 is 0. The molecule has 0 amide bonds. The van der Waals surface area contributed by atoms with Crippen molar-refractivity contribution in [2.24, 2.45) is 0 Å². The average Bonchev–Trinajstić information content (AvgIpc) is 3.45.